The predicted molar refractivity (Wildman–Crippen MR) is 158 cm³/mol. The highest BCUT2D eigenvalue weighted by Gasteiger charge is 2.66. The maximum Gasteiger partial charge on any atom is 0.408 e. The number of nitrogens with zero attached hydrogens (tertiary/aromatic N) is 2. The largest absolute Gasteiger partial charge is 0.446 e. The van der Waals surface area contributed by atoms with Crippen molar-refractivity contribution in [2.75, 3.05) is 6.54 Å². The highest BCUT2D eigenvalue weighted by atomic mass is 31.2. The van der Waals surface area contributed by atoms with Crippen LogP contribution in [0.4, 0.5) is 4.79 Å². The first-order valence-electron chi connectivity index (χ1n) is 14.6. The minimum Gasteiger partial charge on any atom is -0.446 e. The quantitative estimate of drug-likeness (QED) is 0.221. The summed E-state index contributed by atoms with van der Waals surface area (Å²) in [6.45, 7) is 8.92. The summed E-state index contributed by atoms with van der Waals surface area (Å²) < 4.78 is 19.5. The second-order valence-electron chi connectivity index (χ2n) is 13.0. The maximum absolute atomic E-state index is 14.3. The van der Waals surface area contributed by atoms with E-state index in [1.807, 2.05) is 0 Å². The molecule has 0 spiro atoms. The third-order valence-electron chi connectivity index (χ3n) is 8.93. The number of H-pyrrole nitrogens is 1. The summed E-state index contributed by atoms with van der Waals surface area (Å²) in [4.78, 5) is 78.3. The van der Waals surface area contributed by atoms with Crippen molar-refractivity contribution in [2.24, 2.45) is 11.3 Å². The molecule has 3 aliphatic rings. The van der Waals surface area contributed by atoms with Crippen LogP contribution in [0.15, 0.2) is 41.7 Å². The first-order valence-corrected chi connectivity index (χ1v) is 16.2. The Morgan fingerprint density at radius 3 is 2.49 bits per heavy atom. The second kappa shape index (κ2) is 11.3. The fraction of sp³-hybridized carbons (Fsp3) is 0.586. The first-order chi connectivity index (χ1) is 20.2. The molecule has 13 nitrogen and oxygen atoms in total. The van der Waals surface area contributed by atoms with Crippen LogP contribution in [-0.4, -0.2) is 72.2 Å². The summed E-state index contributed by atoms with van der Waals surface area (Å²) in [6, 6.07) is 4.16. The molecule has 2 aliphatic carbocycles. The number of amides is 3. The maximum atomic E-state index is 14.3. The number of carbonyl (C=O) groups excluding carboxylic acids is 3. The van der Waals surface area contributed by atoms with Gasteiger partial charge in [0.2, 0.25) is 11.8 Å². The van der Waals surface area contributed by atoms with Gasteiger partial charge in [0.1, 0.15) is 23.5 Å². The minimum atomic E-state index is -4.79. The van der Waals surface area contributed by atoms with E-state index in [0.29, 0.717) is 11.0 Å². The number of benzene rings is 1. The molecule has 43 heavy (non-hydrogen) atoms. The number of ether oxygens (including phenoxy) is 1. The van der Waals surface area contributed by atoms with Crippen LogP contribution >= 0.6 is 7.60 Å². The number of carbonyl (C=O) groups is 3. The molecule has 1 aliphatic heterocycles. The Bertz CT molecular complexity index is 1530. The van der Waals surface area contributed by atoms with Gasteiger partial charge in [0.25, 0.3) is 0 Å². The van der Waals surface area contributed by atoms with Gasteiger partial charge < -0.3 is 35.0 Å². The summed E-state index contributed by atoms with van der Waals surface area (Å²) >= 11 is 0. The lowest BCUT2D eigenvalue weighted by molar-refractivity contribution is -0.142. The van der Waals surface area contributed by atoms with Crippen molar-refractivity contribution >= 4 is 36.5 Å². The number of hydrogen-bond acceptors (Lipinski definition) is 6. The van der Waals surface area contributed by atoms with Crippen molar-refractivity contribution in [2.45, 2.75) is 88.8 Å². The van der Waals surface area contributed by atoms with Crippen LogP contribution in [0.1, 0.15) is 65.3 Å². The molecular formula is C29H40N5O8P. The standard InChI is InChI=1S/C29H40N5O8P/c1-5-17-15-29(17,43(39,40)41)32-24(35)22-14-18(34-21-13-9-8-12-20(21)30-26(34)37)16-33(22)25(36)23(28(2,3)4)31-27(38)42-19-10-6-7-11-19/h5,8-9,12-13,17-19,22-23H,1,6-7,10-11,14-16H2,2-4H3,(H,30,37)(H,31,38)(H,32,35)(H2,39,40,41)/t17?,18-,22+,23-,29+/m1/s1. The molecule has 1 saturated heterocycles. The average Bonchev–Trinajstić information content (AvgIpc) is 3.25. The van der Waals surface area contributed by atoms with E-state index in [2.05, 4.69) is 22.2 Å². The summed E-state index contributed by atoms with van der Waals surface area (Å²) in [5.41, 5.74) is -0.0161. The zero-order chi connectivity index (χ0) is 31.3. The predicted octanol–water partition coefficient (Wildman–Crippen LogP) is 2.75. The second-order valence-corrected chi connectivity index (χ2v) is 14.9. The van der Waals surface area contributed by atoms with Crippen LogP contribution in [0, 0.1) is 11.3 Å². The van der Waals surface area contributed by atoms with Gasteiger partial charge in [0.15, 0.2) is 0 Å². The van der Waals surface area contributed by atoms with Crippen LogP contribution < -0.4 is 16.3 Å². The van der Waals surface area contributed by atoms with E-state index in [9.17, 15) is 33.5 Å². The molecule has 1 unspecified atom stereocenters. The van der Waals surface area contributed by atoms with Crippen molar-refractivity contribution in [3.05, 3.63) is 47.4 Å². The number of alkyl carbamates (subject to hydrolysis) is 1. The van der Waals surface area contributed by atoms with Gasteiger partial charge in [-0.2, -0.15) is 0 Å². The van der Waals surface area contributed by atoms with Gasteiger partial charge in [0.05, 0.1) is 17.1 Å². The zero-order valence-corrected chi connectivity index (χ0v) is 25.5. The number of aromatic amines is 1. The van der Waals surface area contributed by atoms with E-state index >= 15 is 0 Å². The molecule has 2 saturated carbocycles. The summed E-state index contributed by atoms with van der Waals surface area (Å²) in [7, 11) is -4.79. The fourth-order valence-electron chi connectivity index (χ4n) is 6.46. The number of hydrogen-bond donors (Lipinski definition) is 5. The van der Waals surface area contributed by atoms with E-state index in [0.717, 1.165) is 25.7 Å². The number of imidazole rings is 1. The molecule has 5 rings (SSSR count). The van der Waals surface area contributed by atoms with E-state index in [-0.39, 0.29) is 25.5 Å². The Morgan fingerprint density at radius 2 is 1.88 bits per heavy atom. The van der Waals surface area contributed by atoms with Gasteiger partial charge in [-0.15, -0.1) is 6.58 Å². The van der Waals surface area contributed by atoms with E-state index < -0.39 is 65.9 Å². The van der Waals surface area contributed by atoms with E-state index in [4.69, 9.17) is 4.74 Å². The lowest BCUT2D eigenvalue weighted by Crippen LogP contribution is -2.58. The molecule has 234 valence electrons. The number of aromatic nitrogens is 2. The van der Waals surface area contributed by atoms with Gasteiger partial charge >= 0.3 is 19.4 Å². The third kappa shape index (κ3) is 5.90. The topological polar surface area (TPSA) is 183 Å². The lowest BCUT2D eigenvalue weighted by Gasteiger charge is -2.35. The van der Waals surface area contributed by atoms with Crippen molar-refractivity contribution < 1.29 is 33.5 Å². The molecular weight excluding hydrogens is 577 g/mol. The van der Waals surface area contributed by atoms with Crippen LogP contribution in [0.3, 0.4) is 0 Å². The Morgan fingerprint density at radius 1 is 1.21 bits per heavy atom. The fourth-order valence-corrected chi connectivity index (χ4v) is 7.68. The van der Waals surface area contributed by atoms with Crippen molar-refractivity contribution in [3.63, 3.8) is 0 Å². The molecule has 1 aromatic heterocycles. The molecule has 0 bridgehead atoms. The summed E-state index contributed by atoms with van der Waals surface area (Å²) in [5, 5.41) is 3.46. The van der Waals surface area contributed by atoms with Gasteiger partial charge in [-0.1, -0.05) is 39.0 Å². The van der Waals surface area contributed by atoms with Crippen LogP contribution in [0.5, 0.6) is 0 Å². The number of likely N-dealkylation sites (tertiary alicyclic amines) is 1. The molecule has 3 amide bonds. The minimum absolute atomic E-state index is 0.0116. The van der Waals surface area contributed by atoms with Crippen LogP contribution in [0.2, 0.25) is 0 Å². The van der Waals surface area contributed by atoms with Crippen molar-refractivity contribution in [3.8, 4) is 0 Å². The number of nitrogens with one attached hydrogen (secondary N) is 3. The highest BCUT2D eigenvalue weighted by molar-refractivity contribution is 7.54. The van der Waals surface area contributed by atoms with Crippen molar-refractivity contribution in [1.29, 1.82) is 0 Å². The summed E-state index contributed by atoms with van der Waals surface area (Å²) in [5.74, 6) is -1.95. The average molecular weight is 618 g/mol. The van der Waals surface area contributed by atoms with Crippen LogP contribution in [-0.2, 0) is 18.9 Å². The number of fused-ring (bicyclic) bond motifs is 1. The first kappa shape index (κ1) is 31.0. The molecule has 3 fully saturated rings. The molecule has 2 heterocycles. The molecule has 5 atom stereocenters. The molecule has 14 heteroatoms. The van der Waals surface area contributed by atoms with Gasteiger partial charge in [-0.3, -0.25) is 18.7 Å². The monoisotopic (exact) mass is 617 g/mol. The van der Waals surface area contributed by atoms with Gasteiger partial charge in [-0.05, 0) is 56.1 Å². The normalized spacial score (nSPS) is 26.7. The number of para-hydroxylation sites is 2. The molecule has 2 aromatic rings. The molecule has 5 N–H and O–H groups in total. The Hall–Kier alpha value is -3.41. The van der Waals surface area contributed by atoms with Gasteiger partial charge in [0, 0.05) is 12.5 Å². The molecule has 1 aromatic carbocycles. The SMILES string of the molecule is C=CC1C[C@]1(NC(=O)[C@@H]1C[C@@H](n2c(=O)[nH]c3ccccc32)CN1C(=O)[C@@H](NC(=O)OC1CCCC1)C(C)(C)C)P(=O)(O)O. The zero-order valence-electron chi connectivity index (χ0n) is 24.6. The Kier molecular flexibility index (Phi) is 8.12. The Labute approximate surface area is 249 Å². The summed E-state index contributed by atoms with van der Waals surface area (Å²) in [6.07, 6.45) is 3.89. The van der Waals surface area contributed by atoms with Gasteiger partial charge in [-0.25, -0.2) is 9.59 Å². The third-order valence-corrected chi connectivity index (χ3v) is 10.6. The van der Waals surface area contributed by atoms with E-state index in [1.165, 1.54) is 15.5 Å². The van der Waals surface area contributed by atoms with E-state index in [1.54, 1.807) is 45.0 Å². The Balaban J connectivity index is 1.47. The van der Waals surface area contributed by atoms with Crippen LogP contribution in [0.25, 0.3) is 11.0 Å². The van der Waals surface area contributed by atoms with Crippen molar-refractivity contribution in [1.82, 2.24) is 25.1 Å². The lowest BCUT2D eigenvalue weighted by atomic mass is 9.85. The number of rotatable bonds is 8. The molecule has 0 radical (unpaired) electrons. The highest BCUT2D eigenvalue weighted by Crippen LogP contribution is 2.67. The smallest absolute Gasteiger partial charge is 0.408 e.